The van der Waals surface area contributed by atoms with Crippen LogP contribution in [-0.4, -0.2) is 17.2 Å². The van der Waals surface area contributed by atoms with Gasteiger partial charge in [0.25, 0.3) is 0 Å². The molecular formula is C18H33O3-. The topological polar surface area (TPSA) is 60.4 Å². The third-order valence-electron chi connectivity index (χ3n) is 3.72. The first kappa shape index (κ1) is 20.2. The van der Waals surface area contributed by atoms with Gasteiger partial charge in [-0.1, -0.05) is 64.0 Å². The van der Waals surface area contributed by atoms with E-state index in [1.165, 1.54) is 19.3 Å². The summed E-state index contributed by atoms with van der Waals surface area (Å²) < 4.78 is 0. The van der Waals surface area contributed by atoms with Crippen molar-refractivity contribution in [2.24, 2.45) is 0 Å². The van der Waals surface area contributed by atoms with Crippen molar-refractivity contribution in [2.75, 3.05) is 0 Å². The van der Waals surface area contributed by atoms with Crippen molar-refractivity contribution in [3.8, 4) is 0 Å². The third-order valence-corrected chi connectivity index (χ3v) is 3.72. The molecule has 0 fully saturated rings. The van der Waals surface area contributed by atoms with Crippen LogP contribution < -0.4 is 5.11 Å². The first-order valence-electron chi connectivity index (χ1n) is 8.69. The van der Waals surface area contributed by atoms with Crippen molar-refractivity contribution in [1.29, 1.82) is 0 Å². The van der Waals surface area contributed by atoms with Crippen LogP contribution in [0.2, 0.25) is 0 Å². The fourth-order valence-electron chi connectivity index (χ4n) is 2.36. The molecule has 3 heteroatoms. The van der Waals surface area contributed by atoms with E-state index in [0.29, 0.717) is 0 Å². The van der Waals surface area contributed by atoms with E-state index in [4.69, 9.17) is 0 Å². The minimum absolute atomic E-state index is 0.178. The highest BCUT2D eigenvalue weighted by molar-refractivity contribution is 5.63. The van der Waals surface area contributed by atoms with Crippen molar-refractivity contribution in [2.45, 2.75) is 96.5 Å². The average Bonchev–Trinajstić information content (AvgIpc) is 2.45. The zero-order chi connectivity index (χ0) is 15.8. The average molecular weight is 297 g/mol. The van der Waals surface area contributed by atoms with Gasteiger partial charge in [0.15, 0.2) is 0 Å². The lowest BCUT2D eigenvalue weighted by molar-refractivity contribution is -0.305. The van der Waals surface area contributed by atoms with E-state index in [1.54, 1.807) is 0 Å². The number of carboxylic acid groups (broad SMARTS) is 1. The van der Waals surface area contributed by atoms with Crippen LogP contribution in [0, 0.1) is 0 Å². The second-order valence-corrected chi connectivity index (χ2v) is 5.89. The van der Waals surface area contributed by atoms with Gasteiger partial charge in [0, 0.05) is 5.97 Å². The van der Waals surface area contributed by atoms with E-state index in [2.05, 4.69) is 19.1 Å². The second kappa shape index (κ2) is 15.6. The molecule has 0 bridgehead atoms. The molecule has 0 aliphatic heterocycles. The Morgan fingerprint density at radius 3 is 2.38 bits per heavy atom. The molecule has 0 saturated carbocycles. The van der Waals surface area contributed by atoms with E-state index >= 15 is 0 Å². The summed E-state index contributed by atoms with van der Waals surface area (Å²) in [7, 11) is 0. The molecular weight excluding hydrogens is 264 g/mol. The monoisotopic (exact) mass is 297 g/mol. The van der Waals surface area contributed by atoms with Crippen molar-refractivity contribution >= 4 is 5.97 Å². The molecule has 21 heavy (non-hydrogen) atoms. The summed E-state index contributed by atoms with van der Waals surface area (Å²) in [6.07, 6.45) is 17.0. The number of aliphatic hydroxyl groups excluding tert-OH is 1. The van der Waals surface area contributed by atoms with Crippen LogP contribution in [0.15, 0.2) is 12.2 Å². The summed E-state index contributed by atoms with van der Waals surface area (Å²) in [5.41, 5.74) is 0. The number of allylic oxidation sites excluding steroid dienone is 1. The number of hydrogen-bond acceptors (Lipinski definition) is 3. The standard InChI is InChI=1S/C18H34O3/c1-2-3-4-11-14-17(19)15-12-9-7-5-6-8-10-13-16-18(20)21/h9,12,17,19H,2-8,10-11,13-16H2,1H3,(H,20,21)/p-1. The van der Waals surface area contributed by atoms with Crippen LogP contribution in [0.3, 0.4) is 0 Å². The molecule has 1 unspecified atom stereocenters. The summed E-state index contributed by atoms with van der Waals surface area (Å²) >= 11 is 0. The van der Waals surface area contributed by atoms with Gasteiger partial charge in [-0.3, -0.25) is 0 Å². The van der Waals surface area contributed by atoms with E-state index in [9.17, 15) is 15.0 Å². The van der Waals surface area contributed by atoms with Gasteiger partial charge in [-0.25, -0.2) is 0 Å². The highest BCUT2D eigenvalue weighted by Gasteiger charge is 2.00. The summed E-state index contributed by atoms with van der Waals surface area (Å²) in [5.74, 6) is -0.939. The quantitative estimate of drug-likeness (QED) is 0.370. The lowest BCUT2D eigenvalue weighted by atomic mass is 10.1. The Kier molecular flexibility index (Phi) is 14.9. The summed E-state index contributed by atoms with van der Waals surface area (Å²) in [5, 5.41) is 20.0. The number of carbonyl (C=O) groups excluding carboxylic acids is 1. The Bertz CT molecular complexity index is 261. The maximum absolute atomic E-state index is 10.2. The Hall–Kier alpha value is -0.830. The van der Waals surface area contributed by atoms with Crippen LogP contribution in [0.4, 0.5) is 0 Å². The molecule has 3 nitrogen and oxygen atoms in total. The zero-order valence-electron chi connectivity index (χ0n) is 13.7. The van der Waals surface area contributed by atoms with E-state index < -0.39 is 5.97 Å². The maximum atomic E-state index is 10.2. The smallest absolute Gasteiger partial charge is 0.0574 e. The van der Waals surface area contributed by atoms with Crippen molar-refractivity contribution < 1.29 is 15.0 Å². The molecule has 0 saturated heterocycles. The number of rotatable bonds is 15. The molecule has 0 rings (SSSR count). The number of carboxylic acids is 1. The molecule has 0 radical (unpaired) electrons. The van der Waals surface area contributed by atoms with Crippen molar-refractivity contribution in [3.05, 3.63) is 12.2 Å². The van der Waals surface area contributed by atoms with Crippen molar-refractivity contribution in [3.63, 3.8) is 0 Å². The Morgan fingerprint density at radius 1 is 1.00 bits per heavy atom. The molecule has 0 aliphatic rings. The highest BCUT2D eigenvalue weighted by Crippen LogP contribution is 2.10. The fourth-order valence-corrected chi connectivity index (χ4v) is 2.36. The summed E-state index contributed by atoms with van der Waals surface area (Å²) in [6, 6.07) is 0. The van der Waals surface area contributed by atoms with Gasteiger partial charge in [-0.15, -0.1) is 0 Å². The predicted molar refractivity (Wildman–Crippen MR) is 85.8 cm³/mol. The zero-order valence-corrected chi connectivity index (χ0v) is 13.7. The predicted octanol–water partition coefficient (Wildman–Crippen LogP) is 3.74. The van der Waals surface area contributed by atoms with Crippen molar-refractivity contribution in [1.82, 2.24) is 0 Å². The number of carbonyl (C=O) groups is 1. The van der Waals surface area contributed by atoms with Crippen LogP contribution in [0.1, 0.15) is 90.4 Å². The lowest BCUT2D eigenvalue weighted by Crippen LogP contribution is -2.21. The molecule has 0 spiro atoms. The van der Waals surface area contributed by atoms with E-state index in [0.717, 1.165) is 57.8 Å². The number of aliphatic hydroxyl groups is 1. The third kappa shape index (κ3) is 17.1. The summed E-state index contributed by atoms with van der Waals surface area (Å²) in [4.78, 5) is 10.2. The Labute approximate surface area is 130 Å². The molecule has 0 aromatic rings. The first-order chi connectivity index (χ1) is 10.2. The minimum atomic E-state index is -0.939. The SMILES string of the molecule is CCCCCCC(O)CC=CCCCCCCCC(=O)[O-]. The van der Waals surface area contributed by atoms with Gasteiger partial charge in [-0.2, -0.15) is 0 Å². The normalized spacial score (nSPS) is 12.9. The van der Waals surface area contributed by atoms with Gasteiger partial charge in [-0.05, 0) is 38.5 Å². The van der Waals surface area contributed by atoms with Crippen LogP contribution >= 0.6 is 0 Å². The van der Waals surface area contributed by atoms with Crippen LogP contribution in [0.25, 0.3) is 0 Å². The molecule has 0 aromatic heterocycles. The molecule has 0 aliphatic carbocycles. The number of hydrogen-bond donors (Lipinski definition) is 1. The number of aliphatic carboxylic acids is 1. The van der Waals surface area contributed by atoms with Gasteiger partial charge in [0.1, 0.15) is 0 Å². The van der Waals surface area contributed by atoms with Crippen LogP contribution in [0.5, 0.6) is 0 Å². The number of unbranched alkanes of at least 4 members (excludes halogenated alkanes) is 8. The molecule has 1 N–H and O–H groups in total. The molecule has 0 amide bonds. The summed E-state index contributed by atoms with van der Waals surface area (Å²) in [6.45, 7) is 2.20. The van der Waals surface area contributed by atoms with Crippen LogP contribution in [-0.2, 0) is 4.79 Å². The molecule has 0 heterocycles. The Morgan fingerprint density at radius 2 is 1.67 bits per heavy atom. The Balaban J connectivity index is 3.26. The molecule has 124 valence electrons. The molecule has 0 aromatic carbocycles. The fraction of sp³-hybridized carbons (Fsp3) is 0.833. The van der Waals surface area contributed by atoms with Gasteiger partial charge in [0.2, 0.25) is 0 Å². The maximum Gasteiger partial charge on any atom is 0.0574 e. The highest BCUT2D eigenvalue weighted by atomic mass is 16.4. The minimum Gasteiger partial charge on any atom is -0.550 e. The van der Waals surface area contributed by atoms with E-state index in [1.807, 2.05) is 0 Å². The largest absolute Gasteiger partial charge is 0.550 e. The van der Waals surface area contributed by atoms with Gasteiger partial charge < -0.3 is 15.0 Å². The second-order valence-electron chi connectivity index (χ2n) is 5.89. The van der Waals surface area contributed by atoms with Gasteiger partial charge in [0.05, 0.1) is 6.10 Å². The van der Waals surface area contributed by atoms with Gasteiger partial charge >= 0.3 is 0 Å². The molecule has 1 atom stereocenters. The first-order valence-corrected chi connectivity index (χ1v) is 8.69. The lowest BCUT2D eigenvalue weighted by Gasteiger charge is -2.07. The van der Waals surface area contributed by atoms with E-state index in [-0.39, 0.29) is 12.5 Å².